The van der Waals surface area contributed by atoms with Crippen molar-refractivity contribution in [3.05, 3.63) is 81.0 Å². The van der Waals surface area contributed by atoms with Crippen LogP contribution in [0.15, 0.2) is 59.8 Å². The van der Waals surface area contributed by atoms with Crippen LogP contribution in [0.3, 0.4) is 0 Å². The van der Waals surface area contributed by atoms with Gasteiger partial charge in [0.25, 0.3) is 5.91 Å². The van der Waals surface area contributed by atoms with E-state index in [2.05, 4.69) is 10.2 Å². The Bertz CT molecular complexity index is 1220. The monoisotopic (exact) mass is 544 g/mol. The molecule has 2 aromatic rings. The van der Waals surface area contributed by atoms with Gasteiger partial charge in [-0.3, -0.25) is 14.6 Å². The molecular weight excluding hydrogens is 515 g/mol. The van der Waals surface area contributed by atoms with Crippen LogP contribution >= 0.6 is 23.2 Å². The fourth-order valence-corrected chi connectivity index (χ4v) is 5.16. The molecule has 196 valence electrons. The Balaban J connectivity index is 1.60. The highest BCUT2D eigenvalue weighted by molar-refractivity contribution is 6.31. The fourth-order valence-electron chi connectivity index (χ4n) is 4.79. The smallest absolute Gasteiger partial charge is 0.338 e. The molecule has 2 aliphatic rings. The minimum absolute atomic E-state index is 0.0526. The lowest BCUT2D eigenvalue weighted by Gasteiger charge is -2.42. The molecular formula is C27H30Cl2N4O4. The molecule has 10 heteroatoms. The van der Waals surface area contributed by atoms with Crippen LogP contribution in [-0.4, -0.2) is 78.5 Å². The first-order valence-electron chi connectivity index (χ1n) is 12.2. The van der Waals surface area contributed by atoms with E-state index in [-0.39, 0.29) is 24.6 Å². The molecule has 1 fully saturated rings. The summed E-state index contributed by atoms with van der Waals surface area (Å²) in [6.45, 7) is 5.93. The second-order valence-electron chi connectivity index (χ2n) is 9.13. The quantitative estimate of drug-likeness (QED) is 0.546. The van der Waals surface area contributed by atoms with Crippen LogP contribution < -0.4 is 5.32 Å². The third kappa shape index (κ3) is 5.76. The number of nitrogens with zero attached hydrogens (tertiary/aromatic N) is 3. The summed E-state index contributed by atoms with van der Waals surface area (Å²) in [6, 6.07) is 12.8. The lowest BCUT2D eigenvalue weighted by Crippen LogP contribution is -2.56. The zero-order valence-electron chi connectivity index (χ0n) is 21.0. The van der Waals surface area contributed by atoms with Crippen LogP contribution in [0.4, 0.5) is 4.79 Å². The number of ether oxygens (including phenoxy) is 1. The Morgan fingerprint density at radius 2 is 1.78 bits per heavy atom. The van der Waals surface area contributed by atoms with E-state index in [9.17, 15) is 14.4 Å². The number of amides is 3. The van der Waals surface area contributed by atoms with Crippen molar-refractivity contribution < 1.29 is 19.1 Å². The molecule has 0 aliphatic carbocycles. The number of rotatable bonds is 6. The molecule has 1 saturated heterocycles. The number of esters is 1. The molecule has 2 aliphatic heterocycles. The second kappa shape index (κ2) is 11.5. The summed E-state index contributed by atoms with van der Waals surface area (Å²) in [7, 11) is 1.64. The third-order valence-electron chi connectivity index (χ3n) is 6.73. The standard InChI is InChI=1S/C27H30Cl2N4O4/c1-4-37-26(35)23-22(31(3)27(36)30-24(23)20-7-5-6-8-21(20)29)16-32-13-14-33(17(2)15-32)25(34)18-9-11-19(28)12-10-18/h5-12,17,24H,4,13-16H2,1-3H3,(H,30,36)/t17-,24+/m1/s1. The van der Waals surface area contributed by atoms with E-state index in [1.807, 2.05) is 17.9 Å². The highest BCUT2D eigenvalue weighted by Gasteiger charge is 2.39. The van der Waals surface area contributed by atoms with Gasteiger partial charge in [-0.2, -0.15) is 0 Å². The van der Waals surface area contributed by atoms with Gasteiger partial charge in [0.15, 0.2) is 0 Å². The van der Waals surface area contributed by atoms with Crippen molar-refractivity contribution in [3.8, 4) is 0 Å². The Morgan fingerprint density at radius 1 is 1.08 bits per heavy atom. The van der Waals surface area contributed by atoms with Gasteiger partial charge in [0.2, 0.25) is 0 Å². The molecule has 2 aromatic carbocycles. The molecule has 0 unspecified atom stereocenters. The number of hydrogen-bond acceptors (Lipinski definition) is 5. The summed E-state index contributed by atoms with van der Waals surface area (Å²) < 4.78 is 5.40. The Labute approximate surface area is 226 Å². The summed E-state index contributed by atoms with van der Waals surface area (Å²) in [5.41, 5.74) is 2.11. The highest BCUT2D eigenvalue weighted by atomic mass is 35.5. The molecule has 0 radical (unpaired) electrons. The van der Waals surface area contributed by atoms with E-state index in [1.54, 1.807) is 56.4 Å². The number of benzene rings is 2. The van der Waals surface area contributed by atoms with Gasteiger partial charge in [-0.1, -0.05) is 41.4 Å². The second-order valence-corrected chi connectivity index (χ2v) is 9.98. The molecule has 0 aromatic heterocycles. The topological polar surface area (TPSA) is 82.2 Å². The Hall–Kier alpha value is -3.07. The minimum atomic E-state index is -0.739. The van der Waals surface area contributed by atoms with Crippen LogP contribution in [0.5, 0.6) is 0 Å². The average Bonchev–Trinajstić information content (AvgIpc) is 2.87. The van der Waals surface area contributed by atoms with Gasteiger partial charge in [0.1, 0.15) is 0 Å². The molecule has 0 spiro atoms. The van der Waals surface area contributed by atoms with Crippen LogP contribution in [0.2, 0.25) is 10.0 Å². The number of likely N-dealkylation sites (N-methyl/N-ethyl adjacent to an activating group) is 1. The van der Waals surface area contributed by atoms with Crippen LogP contribution in [0.1, 0.15) is 35.8 Å². The number of urea groups is 1. The minimum Gasteiger partial charge on any atom is -0.463 e. The summed E-state index contributed by atoms with van der Waals surface area (Å²) in [5.74, 6) is -0.554. The molecule has 8 nitrogen and oxygen atoms in total. The van der Waals surface area contributed by atoms with Gasteiger partial charge in [-0.15, -0.1) is 0 Å². The number of nitrogens with one attached hydrogen (secondary N) is 1. The van der Waals surface area contributed by atoms with E-state index < -0.39 is 12.0 Å². The van der Waals surface area contributed by atoms with Crippen LogP contribution in [0.25, 0.3) is 0 Å². The zero-order valence-corrected chi connectivity index (χ0v) is 22.6. The maximum absolute atomic E-state index is 13.2. The number of hydrogen-bond donors (Lipinski definition) is 1. The van der Waals surface area contributed by atoms with Gasteiger partial charge < -0.3 is 15.0 Å². The largest absolute Gasteiger partial charge is 0.463 e. The SMILES string of the molecule is CCOC(=O)C1=C(CN2CCN(C(=O)c3ccc(Cl)cc3)[C@H](C)C2)N(C)C(=O)N[C@H]1c1ccccc1Cl. The Kier molecular flexibility index (Phi) is 8.42. The van der Waals surface area contributed by atoms with Gasteiger partial charge in [-0.05, 0) is 49.7 Å². The summed E-state index contributed by atoms with van der Waals surface area (Å²) in [4.78, 5) is 44.7. The van der Waals surface area contributed by atoms with Crippen molar-refractivity contribution in [1.82, 2.24) is 20.0 Å². The van der Waals surface area contributed by atoms with E-state index >= 15 is 0 Å². The molecule has 1 N–H and O–H groups in total. The van der Waals surface area contributed by atoms with Gasteiger partial charge >= 0.3 is 12.0 Å². The third-order valence-corrected chi connectivity index (χ3v) is 7.32. The molecule has 37 heavy (non-hydrogen) atoms. The first kappa shape index (κ1) is 27.0. The Morgan fingerprint density at radius 3 is 2.43 bits per heavy atom. The molecule has 3 amide bonds. The lowest BCUT2D eigenvalue weighted by molar-refractivity contribution is -0.139. The lowest BCUT2D eigenvalue weighted by atomic mass is 9.94. The van der Waals surface area contributed by atoms with Crippen molar-refractivity contribution in [3.63, 3.8) is 0 Å². The normalized spacial score (nSPS) is 20.6. The molecule has 2 atom stereocenters. The molecule has 4 rings (SSSR count). The zero-order chi connectivity index (χ0) is 26.7. The van der Waals surface area contributed by atoms with E-state index in [4.69, 9.17) is 27.9 Å². The van der Waals surface area contributed by atoms with Gasteiger partial charge in [-0.25, -0.2) is 9.59 Å². The first-order chi connectivity index (χ1) is 17.7. The van der Waals surface area contributed by atoms with Crippen molar-refractivity contribution in [2.24, 2.45) is 0 Å². The first-order valence-corrected chi connectivity index (χ1v) is 12.9. The predicted octanol–water partition coefficient (Wildman–Crippen LogP) is 4.35. The van der Waals surface area contributed by atoms with Gasteiger partial charge in [0, 0.05) is 60.6 Å². The number of carbonyl (C=O) groups excluding carboxylic acids is 3. The molecule has 0 saturated carbocycles. The number of carbonyl (C=O) groups is 3. The predicted molar refractivity (Wildman–Crippen MR) is 143 cm³/mol. The highest BCUT2D eigenvalue weighted by Crippen LogP contribution is 2.35. The van der Waals surface area contributed by atoms with Crippen molar-refractivity contribution in [1.29, 1.82) is 0 Å². The summed E-state index contributed by atoms with van der Waals surface area (Å²) in [6.07, 6.45) is 0. The van der Waals surface area contributed by atoms with Crippen LogP contribution in [0, 0.1) is 0 Å². The van der Waals surface area contributed by atoms with E-state index in [0.717, 1.165) is 0 Å². The van der Waals surface area contributed by atoms with Crippen molar-refractivity contribution in [2.75, 3.05) is 39.8 Å². The number of halogens is 2. The molecule has 2 heterocycles. The maximum atomic E-state index is 13.2. The van der Waals surface area contributed by atoms with E-state index in [0.29, 0.717) is 58.6 Å². The summed E-state index contributed by atoms with van der Waals surface area (Å²) >= 11 is 12.4. The van der Waals surface area contributed by atoms with Crippen molar-refractivity contribution in [2.45, 2.75) is 25.9 Å². The number of piperazine rings is 1. The van der Waals surface area contributed by atoms with Crippen LogP contribution in [-0.2, 0) is 9.53 Å². The fraction of sp³-hybridized carbons (Fsp3) is 0.370. The summed E-state index contributed by atoms with van der Waals surface area (Å²) in [5, 5.41) is 3.92. The van der Waals surface area contributed by atoms with Gasteiger partial charge in [0.05, 0.1) is 18.2 Å². The maximum Gasteiger partial charge on any atom is 0.338 e. The van der Waals surface area contributed by atoms with Crippen molar-refractivity contribution >= 4 is 41.1 Å². The average molecular weight is 545 g/mol. The van der Waals surface area contributed by atoms with E-state index in [1.165, 1.54) is 4.90 Å². The molecule has 0 bridgehead atoms.